The van der Waals surface area contributed by atoms with Gasteiger partial charge in [0, 0.05) is 18.9 Å². The molecule has 140 valence electrons. The number of hydrogen-bond donors (Lipinski definition) is 2. The maximum Gasteiger partial charge on any atom is 0.318 e. The third-order valence-corrected chi connectivity index (χ3v) is 4.55. The van der Waals surface area contributed by atoms with E-state index in [1.807, 2.05) is 13.0 Å². The standard InChI is InChI=1S/C20H21N3O4/c1-13-11-14(5-2-3-6-16(18(24)25)19(26)27)17-15(12-13)7-10-23(17)20-21-8-4-9-22-20/h2-4,8-9,11-12,16H,5-7,10H2,1H3,(H,24,25)(H,26,27). The summed E-state index contributed by atoms with van der Waals surface area (Å²) in [5.41, 5.74) is 4.57. The Morgan fingerprint density at radius 1 is 1.19 bits per heavy atom. The Kier molecular flexibility index (Phi) is 5.49. The van der Waals surface area contributed by atoms with Crippen LogP contribution in [0.2, 0.25) is 0 Å². The predicted octanol–water partition coefficient (Wildman–Crippen LogP) is 2.75. The minimum atomic E-state index is -1.42. The number of fused-ring (bicyclic) bond motifs is 1. The van der Waals surface area contributed by atoms with Gasteiger partial charge in [0.25, 0.3) is 0 Å². The molecule has 0 amide bonds. The molecule has 2 aromatic rings. The van der Waals surface area contributed by atoms with Gasteiger partial charge in [0.1, 0.15) is 0 Å². The van der Waals surface area contributed by atoms with E-state index >= 15 is 0 Å². The molecule has 0 spiro atoms. The van der Waals surface area contributed by atoms with E-state index in [-0.39, 0.29) is 6.42 Å². The summed E-state index contributed by atoms with van der Waals surface area (Å²) < 4.78 is 0. The first-order valence-electron chi connectivity index (χ1n) is 8.75. The van der Waals surface area contributed by atoms with Crippen molar-refractivity contribution in [3.63, 3.8) is 0 Å². The van der Waals surface area contributed by atoms with E-state index in [0.717, 1.165) is 29.8 Å². The Bertz CT molecular complexity index is 866. The summed E-state index contributed by atoms with van der Waals surface area (Å²) in [6.07, 6.45) is 8.34. The van der Waals surface area contributed by atoms with E-state index in [4.69, 9.17) is 10.2 Å². The molecule has 3 rings (SSSR count). The van der Waals surface area contributed by atoms with Crippen LogP contribution in [0.4, 0.5) is 11.6 Å². The Hall–Kier alpha value is -3.22. The van der Waals surface area contributed by atoms with Crippen molar-refractivity contribution in [3.05, 3.63) is 59.4 Å². The second-order valence-corrected chi connectivity index (χ2v) is 6.52. The summed E-state index contributed by atoms with van der Waals surface area (Å²) in [7, 11) is 0. The average Bonchev–Trinajstić information content (AvgIpc) is 3.05. The fourth-order valence-electron chi connectivity index (χ4n) is 3.35. The number of hydrogen-bond acceptors (Lipinski definition) is 5. The molecule has 0 bridgehead atoms. The van der Waals surface area contributed by atoms with Crippen LogP contribution in [0.15, 0.2) is 42.7 Å². The molecule has 0 unspecified atom stereocenters. The quantitative estimate of drug-likeness (QED) is 0.573. The number of anilines is 2. The molecule has 0 saturated carbocycles. The first kappa shape index (κ1) is 18.6. The zero-order chi connectivity index (χ0) is 19.4. The van der Waals surface area contributed by atoms with Gasteiger partial charge in [0.05, 0.1) is 5.69 Å². The molecule has 2 heterocycles. The van der Waals surface area contributed by atoms with Crippen molar-refractivity contribution in [3.8, 4) is 0 Å². The van der Waals surface area contributed by atoms with Crippen LogP contribution in [-0.4, -0.2) is 38.7 Å². The summed E-state index contributed by atoms with van der Waals surface area (Å²) in [5.74, 6) is -3.41. The molecule has 0 aliphatic carbocycles. The van der Waals surface area contributed by atoms with Gasteiger partial charge in [0.15, 0.2) is 5.92 Å². The van der Waals surface area contributed by atoms with Gasteiger partial charge >= 0.3 is 11.9 Å². The van der Waals surface area contributed by atoms with Crippen LogP contribution in [-0.2, 0) is 22.4 Å². The summed E-state index contributed by atoms with van der Waals surface area (Å²) >= 11 is 0. The van der Waals surface area contributed by atoms with Crippen LogP contribution in [0.5, 0.6) is 0 Å². The zero-order valence-corrected chi connectivity index (χ0v) is 15.0. The number of rotatable bonds is 7. The molecule has 0 atom stereocenters. The molecule has 1 aromatic heterocycles. The number of aliphatic carboxylic acids is 2. The number of carboxylic acid groups (broad SMARTS) is 2. The van der Waals surface area contributed by atoms with Gasteiger partial charge in [-0.1, -0.05) is 29.8 Å². The lowest BCUT2D eigenvalue weighted by atomic mass is 10.00. The van der Waals surface area contributed by atoms with Gasteiger partial charge in [-0.05, 0) is 43.4 Å². The first-order chi connectivity index (χ1) is 13.0. The SMILES string of the molecule is Cc1cc(CC=CCC(C(=O)O)C(=O)O)c2c(c1)CCN2c1ncccn1. The monoisotopic (exact) mass is 367 g/mol. The normalized spacial score (nSPS) is 13.3. The molecule has 27 heavy (non-hydrogen) atoms. The Morgan fingerprint density at radius 2 is 1.89 bits per heavy atom. The highest BCUT2D eigenvalue weighted by molar-refractivity contribution is 5.93. The molecule has 1 aliphatic rings. The van der Waals surface area contributed by atoms with Crippen molar-refractivity contribution in [2.45, 2.75) is 26.2 Å². The molecule has 0 fully saturated rings. The molecule has 1 aliphatic heterocycles. The number of carbonyl (C=O) groups is 2. The third kappa shape index (κ3) is 4.13. The molecular weight excluding hydrogens is 346 g/mol. The van der Waals surface area contributed by atoms with E-state index in [1.54, 1.807) is 24.5 Å². The van der Waals surface area contributed by atoms with Crippen molar-refractivity contribution in [1.29, 1.82) is 0 Å². The van der Waals surface area contributed by atoms with Crippen molar-refractivity contribution >= 4 is 23.6 Å². The van der Waals surface area contributed by atoms with Gasteiger partial charge < -0.3 is 15.1 Å². The minimum Gasteiger partial charge on any atom is -0.481 e. The summed E-state index contributed by atoms with van der Waals surface area (Å²) in [4.78, 5) is 32.7. The molecular formula is C20H21N3O4. The highest BCUT2D eigenvalue weighted by Crippen LogP contribution is 2.37. The number of aryl methyl sites for hydroxylation is 1. The Labute approximate surface area is 157 Å². The van der Waals surface area contributed by atoms with Crippen LogP contribution < -0.4 is 4.90 Å². The van der Waals surface area contributed by atoms with Gasteiger partial charge in [0.2, 0.25) is 5.95 Å². The van der Waals surface area contributed by atoms with E-state index in [2.05, 4.69) is 27.0 Å². The zero-order valence-electron chi connectivity index (χ0n) is 15.0. The number of nitrogens with zero attached hydrogens (tertiary/aromatic N) is 3. The molecule has 2 N–H and O–H groups in total. The van der Waals surface area contributed by atoms with E-state index in [1.165, 1.54) is 5.56 Å². The molecule has 1 aromatic carbocycles. The molecule has 0 saturated heterocycles. The third-order valence-electron chi connectivity index (χ3n) is 4.55. The molecule has 7 heteroatoms. The Balaban J connectivity index is 1.82. The van der Waals surface area contributed by atoms with Gasteiger partial charge in [-0.3, -0.25) is 9.59 Å². The van der Waals surface area contributed by atoms with Crippen molar-refractivity contribution in [1.82, 2.24) is 9.97 Å². The highest BCUT2D eigenvalue weighted by Gasteiger charge is 2.26. The second kappa shape index (κ2) is 7.99. The smallest absolute Gasteiger partial charge is 0.318 e. The van der Waals surface area contributed by atoms with Gasteiger partial charge in [-0.15, -0.1) is 0 Å². The van der Waals surface area contributed by atoms with Crippen molar-refractivity contribution < 1.29 is 19.8 Å². The van der Waals surface area contributed by atoms with Crippen LogP contribution >= 0.6 is 0 Å². The largest absolute Gasteiger partial charge is 0.481 e. The van der Waals surface area contributed by atoms with Crippen LogP contribution in [0.25, 0.3) is 0 Å². The summed E-state index contributed by atoms with van der Waals surface area (Å²) in [6, 6.07) is 6.03. The van der Waals surface area contributed by atoms with Crippen LogP contribution in [0.1, 0.15) is 23.1 Å². The molecule has 0 radical (unpaired) electrons. The van der Waals surface area contributed by atoms with Crippen molar-refractivity contribution in [2.75, 3.05) is 11.4 Å². The number of carboxylic acids is 2. The van der Waals surface area contributed by atoms with Crippen molar-refractivity contribution in [2.24, 2.45) is 5.92 Å². The Morgan fingerprint density at radius 3 is 2.56 bits per heavy atom. The number of aromatic nitrogens is 2. The highest BCUT2D eigenvalue weighted by atomic mass is 16.4. The lowest BCUT2D eigenvalue weighted by Crippen LogP contribution is -2.22. The fourth-order valence-corrected chi connectivity index (χ4v) is 3.35. The first-order valence-corrected chi connectivity index (χ1v) is 8.75. The fraction of sp³-hybridized carbons (Fsp3) is 0.300. The molecule has 7 nitrogen and oxygen atoms in total. The topological polar surface area (TPSA) is 104 Å². The van der Waals surface area contributed by atoms with Crippen LogP contribution in [0, 0.1) is 12.8 Å². The maximum absolute atomic E-state index is 11.0. The van der Waals surface area contributed by atoms with E-state index < -0.39 is 17.9 Å². The summed E-state index contributed by atoms with van der Waals surface area (Å²) in [6.45, 7) is 2.85. The second-order valence-electron chi connectivity index (χ2n) is 6.52. The lowest BCUT2D eigenvalue weighted by Gasteiger charge is -2.20. The van der Waals surface area contributed by atoms with E-state index in [0.29, 0.717) is 12.4 Å². The van der Waals surface area contributed by atoms with Crippen LogP contribution in [0.3, 0.4) is 0 Å². The number of benzene rings is 1. The van der Waals surface area contributed by atoms with Gasteiger partial charge in [-0.25, -0.2) is 9.97 Å². The minimum absolute atomic E-state index is 0.0375. The summed E-state index contributed by atoms with van der Waals surface area (Å²) in [5, 5.41) is 17.9. The van der Waals surface area contributed by atoms with E-state index in [9.17, 15) is 9.59 Å². The maximum atomic E-state index is 11.0. The average molecular weight is 367 g/mol. The van der Waals surface area contributed by atoms with Gasteiger partial charge in [-0.2, -0.15) is 0 Å². The predicted molar refractivity (Wildman–Crippen MR) is 100 cm³/mol. The number of allylic oxidation sites excluding steroid dienone is 2. The lowest BCUT2D eigenvalue weighted by molar-refractivity contribution is -0.154.